The molecule has 1 N–H and O–H groups in total. The molecular formula is C20H25Cl2NO2. The summed E-state index contributed by atoms with van der Waals surface area (Å²) < 4.78 is 11.7. The van der Waals surface area contributed by atoms with Crippen LogP contribution in [0.2, 0.25) is 10.0 Å². The predicted molar refractivity (Wildman–Crippen MR) is 105 cm³/mol. The topological polar surface area (TPSA) is 30.5 Å². The van der Waals surface area contributed by atoms with Gasteiger partial charge in [0.25, 0.3) is 0 Å². The van der Waals surface area contributed by atoms with Gasteiger partial charge in [-0.3, -0.25) is 0 Å². The molecule has 0 aromatic heterocycles. The number of benzene rings is 2. The molecule has 2 aromatic carbocycles. The standard InChI is InChI=1S/C20H25Cl2NO2/c1-4-14(3)23-12-16-10-18(22)20(19(11-16)24-5-2)25-13-15-7-6-8-17(21)9-15/h6-11,14,23H,4-5,12-13H2,1-3H3. The first kappa shape index (κ1) is 19.9. The van der Waals surface area contributed by atoms with E-state index in [0.29, 0.717) is 40.8 Å². The van der Waals surface area contributed by atoms with Crippen LogP contribution in [0.3, 0.4) is 0 Å². The highest BCUT2D eigenvalue weighted by Crippen LogP contribution is 2.37. The highest BCUT2D eigenvalue weighted by atomic mass is 35.5. The zero-order chi connectivity index (χ0) is 18.2. The van der Waals surface area contributed by atoms with Crippen LogP contribution in [0.25, 0.3) is 0 Å². The Labute approximate surface area is 160 Å². The number of hydrogen-bond donors (Lipinski definition) is 1. The van der Waals surface area contributed by atoms with Crippen molar-refractivity contribution in [2.45, 2.75) is 46.4 Å². The van der Waals surface area contributed by atoms with Crippen LogP contribution in [0, 0.1) is 0 Å². The van der Waals surface area contributed by atoms with E-state index in [4.69, 9.17) is 32.7 Å². The van der Waals surface area contributed by atoms with E-state index in [9.17, 15) is 0 Å². The van der Waals surface area contributed by atoms with Crippen LogP contribution in [-0.2, 0) is 13.2 Å². The Bertz CT molecular complexity index is 691. The zero-order valence-electron chi connectivity index (χ0n) is 14.9. The van der Waals surface area contributed by atoms with Crippen LogP contribution >= 0.6 is 23.2 Å². The monoisotopic (exact) mass is 381 g/mol. The van der Waals surface area contributed by atoms with E-state index in [1.165, 1.54) is 0 Å². The number of rotatable bonds is 9. The SMILES string of the molecule is CCOc1cc(CNC(C)CC)cc(Cl)c1OCc1cccc(Cl)c1. The molecule has 0 amide bonds. The molecule has 0 spiro atoms. The van der Waals surface area contributed by atoms with Crippen LogP contribution in [0.15, 0.2) is 36.4 Å². The van der Waals surface area contributed by atoms with Gasteiger partial charge in [0.1, 0.15) is 6.61 Å². The first-order chi connectivity index (χ1) is 12.0. The molecule has 0 saturated carbocycles. The molecule has 1 atom stereocenters. The smallest absolute Gasteiger partial charge is 0.180 e. The van der Waals surface area contributed by atoms with Crippen LogP contribution < -0.4 is 14.8 Å². The third kappa shape index (κ3) is 6.10. The first-order valence-corrected chi connectivity index (χ1v) is 9.34. The molecule has 0 fully saturated rings. The van der Waals surface area contributed by atoms with Gasteiger partial charge in [0, 0.05) is 17.6 Å². The fourth-order valence-corrected chi connectivity index (χ4v) is 2.85. The lowest BCUT2D eigenvalue weighted by atomic mass is 10.1. The Morgan fingerprint density at radius 2 is 1.84 bits per heavy atom. The molecule has 0 saturated heterocycles. The molecular weight excluding hydrogens is 357 g/mol. The van der Waals surface area contributed by atoms with Gasteiger partial charge in [-0.25, -0.2) is 0 Å². The van der Waals surface area contributed by atoms with Crippen molar-refractivity contribution in [1.82, 2.24) is 5.32 Å². The molecule has 2 aromatic rings. The largest absolute Gasteiger partial charge is 0.490 e. The van der Waals surface area contributed by atoms with E-state index in [-0.39, 0.29) is 0 Å². The van der Waals surface area contributed by atoms with E-state index >= 15 is 0 Å². The van der Waals surface area contributed by atoms with E-state index in [0.717, 1.165) is 24.1 Å². The minimum absolute atomic E-state index is 0.380. The van der Waals surface area contributed by atoms with E-state index in [1.54, 1.807) is 0 Å². The van der Waals surface area contributed by atoms with Crippen LogP contribution in [0.5, 0.6) is 11.5 Å². The van der Waals surface area contributed by atoms with Crippen molar-refractivity contribution in [2.75, 3.05) is 6.61 Å². The molecule has 3 nitrogen and oxygen atoms in total. The first-order valence-electron chi connectivity index (χ1n) is 8.59. The summed E-state index contributed by atoms with van der Waals surface area (Å²) in [5, 5.41) is 4.69. The molecule has 0 bridgehead atoms. The molecule has 2 rings (SSSR count). The van der Waals surface area contributed by atoms with Gasteiger partial charge in [0.2, 0.25) is 0 Å². The average Bonchev–Trinajstić information content (AvgIpc) is 2.59. The van der Waals surface area contributed by atoms with Crippen LogP contribution in [0.4, 0.5) is 0 Å². The number of nitrogens with one attached hydrogen (secondary N) is 1. The Balaban J connectivity index is 2.15. The number of ether oxygens (including phenoxy) is 2. The Kier molecular flexibility index (Phi) is 7.89. The van der Waals surface area contributed by atoms with Gasteiger partial charge in [0.05, 0.1) is 11.6 Å². The summed E-state index contributed by atoms with van der Waals surface area (Å²) in [6, 6.07) is 11.9. The van der Waals surface area contributed by atoms with Gasteiger partial charge in [-0.05, 0) is 55.7 Å². The summed E-state index contributed by atoms with van der Waals surface area (Å²) in [6.45, 7) is 7.93. The van der Waals surface area contributed by atoms with Crippen LogP contribution in [-0.4, -0.2) is 12.6 Å². The Morgan fingerprint density at radius 3 is 2.52 bits per heavy atom. The number of halogens is 2. The lowest BCUT2D eigenvalue weighted by Gasteiger charge is -2.17. The van der Waals surface area contributed by atoms with Crippen molar-refractivity contribution in [2.24, 2.45) is 0 Å². The molecule has 136 valence electrons. The van der Waals surface area contributed by atoms with Gasteiger partial charge in [-0.2, -0.15) is 0 Å². The molecule has 0 heterocycles. The molecule has 1 unspecified atom stereocenters. The predicted octanol–water partition coefficient (Wildman–Crippen LogP) is 5.86. The Morgan fingerprint density at radius 1 is 1.04 bits per heavy atom. The Hall–Kier alpha value is -1.42. The molecule has 25 heavy (non-hydrogen) atoms. The second kappa shape index (κ2) is 9.91. The van der Waals surface area contributed by atoms with Gasteiger partial charge in [-0.15, -0.1) is 0 Å². The van der Waals surface area contributed by atoms with E-state index < -0.39 is 0 Å². The molecule has 0 radical (unpaired) electrons. The number of hydrogen-bond acceptors (Lipinski definition) is 3. The zero-order valence-corrected chi connectivity index (χ0v) is 16.5. The fraction of sp³-hybridized carbons (Fsp3) is 0.400. The second-order valence-corrected chi connectivity index (χ2v) is 6.79. The van der Waals surface area contributed by atoms with Crippen LogP contribution in [0.1, 0.15) is 38.3 Å². The average molecular weight is 382 g/mol. The summed E-state index contributed by atoms with van der Waals surface area (Å²) >= 11 is 12.5. The van der Waals surface area contributed by atoms with Crippen molar-refractivity contribution in [3.8, 4) is 11.5 Å². The van der Waals surface area contributed by atoms with Gasteiger partial charge >= 0.3 is 0 Å². The minimum atomic E-state index is 0.380. The van der Waals surface area contributed by atoms with Gasteiger partial charge in [0.15, 0.2) is 11.5 Å². The third-order valence-corrected chi connectivity index (χ3v) is 4.42. The molecule has 0 aliphatic carbocycles. The second-order valence-electron chi connectivity index (χ2n) is 5.95. The normalized spacial score (nSPS) is 12.0. The van der Waals surface area contributed by atoms with E-state index in [1.807, 2.05) is 43.3 Å². The van der Waals surface area contributed by atoms with Crippen molar-refractivity contribution in [1.29, 1.82) is 0 Å². The molecule has 5 heteroatoms. The van der Waals surface area contributed by atoms with Crippen molar-refractivity contribution < 1.29 is 9.47 Å². The maximum absolute atomic E-state index is 6.46. The maximum atomic E-state index is 6.46. The molecule has 0 aliphatic rings. The fourth-order valence-electron chi connectivity index (χ4n) is 2.35. The van der Waals surface area contributed by atoms with Gasteiger partial charge < -0.3 is 14.8 Å². The minimum Gasteiger partial charge on any atom is -0.490 e. The summed E-state index contributed by atoms with van der Waals surface area (Å²) in [5.74, 6) is 1.23. The third-order valence-electron chi connectivity index (χ3n) is 3.91. The summed E-state index contributed by atoms with van der Waals surface area (Å²) in [6.07, 6.45) is 1.08. The van der Waals surface area contributed by atoms with Gasteiger partial charge in [-0.1, -0.05) is 42.3 Å². The summed E-state index contributed by atoms with van der Waals surface area (Å²) in [5.41, 5.74) is 2.05. The van der Waals surface area contributed by atoms with Crippen molar-refractivity contribution in [3.05, 3.63) is 57.6 Å². The van der Waals surface area contributed by atoms with Crippen molar-refractivity contribution >= 4 is 23.2 Å². The van der Waals surface area contributed by atoms with E-state index in [2.05, 4.69) is 19.2 Å². The van der Waals surface area contributed by atoms with Crippen molar-refractivity contribution in [3.63, 3.8) is 0 Å². The molecule has 0 aliphatic heterocycles. The highest BCUT2D eigenvalue weighted by Gasteiger charge is 2.13. The lowest BCUT2D eigenvalue weighted by molar-refractivity contribution is 0.269. The summed E-state index contributed by atoms with van der Waals surface area (Å²) in [7, 11) is 0. The summed E-state index contributed by atoms with van der Waals surface area (Å²) in [4.78, 5) is 0. The lowest BCUT2D eigenvalue weighted by Crippen LogP contribution is -2.24. The highest BCUT2D eigenvalue weighted by molar-refractivity contribution is 6.32. The quantitative estimate of drug-likeness (QED) is 0.589. The maximum Gasteiger partial charge on any atom is 0.180 e.